The highest BCUT2D eigenvalue weighted by molar-refractivity contribution is 6.12. The van der Waals surface area contributed by atoms with E-state index in [2.05, 4.69) is 287 Å². The molecular formula is C64H45N3. The van der Waals surface area contributed by atoms with E-state index in [1.807, 2.05) is 0 Å². The summed E-state index contributed by atoms with van der Waals surface area (Å²) in [6.45, 7) is 0. The van der Waals surface area contributed by atoms with E-state index in [1.165, 1.54) is 60.4 Å². The van der Waals surface area contributed by atoms with E-state index in [4.69, 9.17) is 0 Å². The molecule has 0 aliphatic carbocycles. The second-order valence-corrected chi connectivity index (χ2v) is 16.9. The molecule has 316 valence electrons. The van der Waals surface area contributed by atoms with Crippen molar-refractivity contribution in [1.82, 2.24) is 4.57 Å². The fraction of sp³-hybridized carbons (Fsp3) is 0. The minimum atomic E-state index is 1.09. The number of para-hydroxylation sites is 3. The van der Waals surface area contributed by atoms with Gasteiger partial charge in [0.05, 0.1) is 16.7 Å². The number of nitrogens with zero attached hydrogens (tertiary/aromatic N) is 3. The van der Waals surface area contributed by atoms with Crippen LogP contribution in [-0.4, -0.2) is 4.57 Å². The molecule has 0 fully saturated rings. The Morgan fingerprint density at radius 1 is 0.239 bits per heavy atom. The lowest BCUT2D eigenvalue weighted by molar-refractivity contribution is 1.18. The summed E-state index contributed by atoms with van der Waals surface area (Å²) < 4.78 is 2.37. The summed E-state index contributed by atoms with van der Waals surface area (Å²) in [5.74, 6) is 0. The van der Waals surface area contributed by atoms with Gasteiger partial charge in [0.2, 0.25) is 0 Å². The van der Waals surface area contributed by atoms with Crippen LogP contribution in [0, 0.1) is 0 Å². The first-order valence-electron chi connectivity index (χ1n) is 22.9. The molecule has 0 bridgehead atoms. The number of aromatic nitrogens is 1. The molecular weight excluding hydrogens is 811 g/mol. The lowest BCUT2D eigenvalue weighted by Gasteiger charge is -2.28. The highest BCUT2D eigenvalue weighted by atomic mass is 15.1. The second-order valence-electron chi connectivity index (χ2n) is 16.9. The van der Waals surface area contributed by atoms with Crippen LogP contribution in [0.3, 0.4) is 0 Å². The summed E-state index contributed by atoms with van der Waals surface area (Å²) >= 11 is 0. The number of benzene rings is 11. The summed E-state index contributed by atoms with van der Waals surface area (Å²) in [5.41, 5.74) is 17.3. The van der Waals surface area contributed by atoms with Crippen molar-refractivity contribution in [3.8, 4) is 39.1 Å². The van der Waals surface area contributed by atoms with Crippen molar-refractivity contribution in [1.29, 1.82) is 0 Å². The monoisotopic (exact) mass is 855 g/mol. The molecule has 0 saturated heterocycles. The van der Waals surface area contributed by atoms with Crippen LogP contribution in [0.2, 0.25) is 0 Å². The van der Waals surface area contributed by atoms with E-state index in [0.29, 0.717) is 0 Å². The molecule has 0 amide bonds. The number of anilines is 6. The zero-order chi connectivity index (χ0) is 44.5. The minimum Gasteiger partial charge on any atom is -0.311 e. The van der Waals surface area contributed by atoms with Gasteiger partial charge >= 0.3 is 0 Å². The summed E-state index contributed by atoms with van der Waals surface area (Å²) in [6, 6.07) is 98.5. The Labute approximate surface area is 391 Å². The van der Waals surface area contributed by atoms with E-state index >= 15 is 0 Å². The van der Waals surface area contributed by atoms with Gasteiger partial charge < -0.3 is 14.4 Å². The van der Waals surface area contributed by atoms with Crippen LogP contribution >= 0.6 is 0 Å². The average molecular weight is 856 g/mol. The Morgan fingerprint density at radius 2 is 0.657 bits per heavy atom. The Kier molecular flexibility index (Phi) is 10.2. The van der Waals surface area contributed by atoms with Crippen molar-refractivity contribution >= 4 is 66.7 Å². The molecule has 0 saturated carbocycles. The van der Waals surface area contributed by atoms with E-state index in [9.17, 15) is 0 Å². The molecule has 3 nitrogen and oxygen atoms in total. The van der Waals surface area contributed by atoms with Crippen LogP contribution < -0.4 is 9.80 Å². The Hall–Kier alpha value is -8.92. The first-order valence-corrected chi connectivity index (χ1v) is 22.9. The maximum Gasteiger partial charge on any atom is 0.0542 e. The van der Waals surface area contributed by atoms with Gasteiger partial charge in [-0.3, -0.25) is 0 Å². The molecule has 0 radical (unpaired) electrons. The third-order valence-electron chi connectivity index (χ3n) is 13.0. The highest BCUT2D eigenvalue weighted by Gasteiger charge is 2.21. The average Bonchev–Trinajstić information content (AvgIpc) is 3.74. The molecule has 1 heterocycles. The molecule has 0 aliphatic heterocycles. The van der Waals surface area contributed by atoms with Crippen molar-refractivity contribution in [2.75, 3.05) is 9.80 Å². The molecule has 1 aromatic heterocycles. The number of fused-ring (bicyclic) bond motifs is 4. The topological polar surface area (TPSA) is 11.4 Å². The zero-order valence-electron chi connectivity index (χ0n) is 36.8. The maximum absolute atomic E-state index is 2.41. The van der Waals surface area contributed by atoms with E-state index in [1.54, 1.807) is 0 Å². The van der Waals surface area contributed by atoms with Gasteiger partial charge in [0.25, 0.3) is 0 Å². The summed E-state index contributed by atoms with van der Waals surface area (Å²) in [4.78, 5) is 4.76. The van der Waals surface area contributed by atoms with Gasteiger partial charge in [0.1, 0.15) is 0 Å². The third kappa shape index (κ3) is 7.39. The van der Waals surface area contributed by atoms with Crippen LogP contribution in [0.5, 0.6) is 0 Å². The summed E-state index contributed by atoms with van der Waals surface area (Å²) in [7, 11) is 0. The second kappa shape index (κ2) is 17.2. The zero-order valence-corrected chi connectivity index (χ0v) is 36.8. The van der Waals surface area contributed by atoms with Crippen LogP contribution in [-0.2, 0) is 0 Å². The third-order valence-corrected chi connectivity index (χ3v) is 13.0. The molecule has 11 aromatic carbocycles. The van der Waals surface area contributed by atoms with Crippen molar-refractivity contribution in [2.24, 2.45) is 0 Å². The summed E-state index contributed by atoms with van der Waals surface area (Å²) in [6.07, 6.45) is 0. The van der Waals surface area contributed by atoms with Crippen molar-refractivity contribution < 1.29 is 0 Å². The van der Waals surface area contributed by atoms with Gasteiger partial charge in [-0.25, -0.2) is 0 Å². The number of hydrogen-bond donors (Lipinski definition) is 0. The first kappa shape index (κ1) is 39.7. The van der Waals surface area contributed by atoms with Crippen LogP contribution in [0.1, 0.15) is 0 Å². The maximum atomic E-state index is 2.41. The Bertz CT molecular complexity index is 3560. The smallest absolute Gasteiger partial charge is 0.0542 e. The van der Waals surface area contributed by atoms with Crippen molar-refractivity contribution in [3.63, 3.8) is 0 Å². The molecule has 0 atom stereocenters. The van der Waals surface area contributed by atoms with Gasteiger partial charge in [0.15, 0.2) is 0 Å². The lowest BCUT2D eigenvalue weighted by Crippen LogP contribution is -2.10. The Morgan fingerprint density at radius 3 is 1.24 bits per heavy atom. The molecule has 0 spiro atoms. The molecule has 0 N–H and O–H groups in total. The van der Waals surface area contributed by atoms with Gasteiger partial charge in [-0.1, -0.05) is 182 Å². The fourth-order valence-corrected chi connectivity index (χ4v) is 9.79. The number of hydrogen-bond acceptors (Lipinski definition) is 2. The van der Waals surface area contributed by atoms with Crippen LogP contribution in [0.15, 0.2) is 273 Å². The molecule has 0 unspecified atom stereocenters. The minimum absolute atomic E-state index is 1.09. The van der Waals surface area contributed by atoms with Crippen molar-refractivity contribution in [2.45, 2.75) is 0 Å². The van der Waals surface area contributed by atoms with Gasteiger partial charge in [0, 0.05) is 50.3 Å². The quantitative estimate of drug-likeness (QED) is 0.136. The Balaban J connectivity index is 0.943. The SMILES string of the molecule is c1ccc(-c2ccc(N(c3ccc(-c4ccccc4)cc3)c3ccc(-c4ccc(N(c5ccccc5)c5ccc6c(c5)c5ccccc5n6-c5ccccc5)c5ccccc45)cc3)cc2)cc1. The van der Waals surface area contributed by atoms with Gasteiger partial charge in [-0.05, 0) is 130 Å². The highest BCUT2D eigenvalue weighted by Crippen LogP contribution is 2.45. The molecule has 12 rings (SSSR count). The molecule has 3 heteroatoms. The standard InChI is InChI=1S/C64H45N3/c1-5-17-46(18-6-1)48-29-35-53(36-30-48)65(54-37-31-49(32-38-54)47-19-7-2-8-20-47)55-39-33-50(34-40-55)57-42-44-63(59-26-14-13-25-58(57)59)66(51-21-9-3-10-22-51)56-41-43-64-61(45-56)60-27-15-16-28-62(60)67(64)52-23-11-4-12-24-52/h1-45H. The molecule has 0 aliphatic rings. The predicted molar refractivity (Wildman–Crippen MR) is 284 cm³/mol. The van der Waals surface area contributed by atoms with E-state index in [-0.39, 0.29) is 0 Å². The van der Waals surface area contributed by atoms with Gasteiger partial charge in [-0.15, -0.1) is 0 Å². The van der Waals surface area contributed by atoms with E-state index in [0.717, 1.165) is 45.4 Å². The largest absolute Gasteiger partial charge is 0.311 e. The molecule has 67 heavy (non-hydrogen) atoms. The van der Waals surface area contributed by atoms with Crippen LogP contribution in [0.25, 0.3) is 71.6 Å². The predicted octanol–water partition coefficient (Wildman–Crippen LogP) is 17.9. The molecule has 12 aromatic rings. The normalized spacial score (nSPS) is 11.3. The summed E-state index contributed by atoms with van der Waals surface area (Å²) in [5, 5.41) is 4.82. The fourth-order valence-electron chi connectivity index (χ4n) is 9.79. The van der Waals surface area contributed by atoms with Crippen molar-refractivity contribution in [3.05, 3.63) is 273 Å². The lowest BCUT2D eigenvalue weighted by atomic mass is 9.96. The number of rotatable bonds is 10. The van der Waals surface area contributed by atoms with Gasteiger partial charge in [-0.2, -0.15) is 0 Å². The van der Waals surface area contributed by atoms with E-state index < -0.39 is 0 Å². The van der Waals surface area contributed by atoms with Crippen LogP contribution in [0.4, 0.5) is 34.1 Å². The first-order chi connectivity index (χ1) is 33.2.